The van der Waals surface area contributed by atoms with Crippen molar-refractivity contribution in [2.24, 2.45) is 0 Å². The second-order valence-electron chi connectivity index (χ2n) is 5.21. The second kappa shape index (κ2) is 8.20. The molecule has 0 spiro atoms. The van der Waals surface area contributed by atoms with E-state index in [4.69, 9.17) is 9.47 Å². The van der Waals surface area contributed by atoms with E-state index < -0.39 is 0 Å². The summed E-state index contributed by atoms with van der Waals surface area (Å²) >= 11 is 0. The van der Waals surface area contributed by atoms with Crippen LogP contribution in [0.3, 0.4) is 0 Å². The van der Waals surface area contributed by atoms with Gasteiger partial charge in [0.25, 0.3) is 0 Å². The molecule has 0 radical (unpaired) electrons. The van der Waals surface area contributed by atoms with Gasteiger partial charge in [0, 0.05) is 38.2 Å². The third kappa shape index (κ3) is 4.10. The van der Waals surface area contributed by atoms with Gasteiger partial charge in [0.05, 0.1) is 13.7 Å². The van der Waals surface area contributed by atoms with Gasteiger partial charge < -0.3 is 20.1 Å². The Labute approximate surface area is 145 Å². The second-order valence-corrected chi connectivity index (χ2v) is 5.21. The summed E-state index contributed by atoms with van der Waals surface area (Å²) in [7, 11) is 3.30. The van der Waals surface area contributed by atoms with Crippen molar-refractivity contribution < 1.29 is 9.47 Å². The summed E-state index contributed by atoms with van der Waals surface area (Å²) in [6.07, 6.45) is 3.23. The molecule has 0 aliphatic heterocycles. The zero-order valence-corrected chi connectivity index (χ0v) is 14.2. The van der Waals surface area contributed by atoms with Crippen LogP contribution in [0.2, 0.25) is 0 Å². The molecular weight excluding hydrogens is 320 g/mol. The molecule has 2 aromatic heterocycles. The minimum absolute atomic E-state index is 0.471. The van der Waals surface area contributed by atoms with E-state index >= 15 is 0 Å². The fourth-order valence-corrected chi connectivity index (χ4v) is 2.36. The molecular formula is C17H20N6O2. The molecule has 3 aromatic rings. The van der Waals surface area contributed by atoms with Crippen molar-refractivity contribution in [3.8, 4) is 5.75 Å². The van der Waals surface area contributed by atoms with Crippen LogP contribution in [0, 0.1) is 0 Å². The first-order valence-corrected chi connectivity index (χ1v) is 7.89. The number of hydrogen-bond donors (Lipinski definition) is 2. The SMILES string of the molecule is COCCNc1nc(NCc2ccccc2OC)nc2nccnc12. The van der Waals surface area contributed by atoms with Gasteiger partial charge in [-0.3, -0.25) is 0 Å². The van der Waals surface area contributed by atoms with Crippen molar-refractivity contribution in [3.63, 3.8) is 0 Å². The smallest absolute Gasteiger partial charge is 0.227 e. The Morgan fingerprint density at radius 1 is 1.00 bits per heavy atom. The molecule has 130 valence electrons. The number of aromatic nitrogens is 4. The van der Waals surface area contributed by atoms with E-state index in [0.29, 0.717) is 42.6 Å². The number of benzene rings is 1. The summed E-state index contributed by atoms with van der Waals surface area (Å²) in [5, 5.41) is 6.42. The van der Waals surface area contributed by atoms with Crippen LogP contribution in [-0.2, 0) is 11.3 Å². The van der Waals surface area contributed by atoms with Crippen LogP contribution < -0.4 is 15.4 Å². The number of fused-ring (bicyclic) bond motifs is 1. The van der Waals surface area contributed by atoms with Crippen molar-refractivity contribution in [3.05, 3.63) is 42.2 Å². The normalized spacial score (nSPS) is 10.6. The molecule has 8 heteroatoms. The fourth-order valence-electron chi connectivity index (χ4n) is 2.36. The molecule has 0 saturated heterocycles. The van der Waals surface area contributed by atoms with Gasteiger partial charge in [0.2, 0.25) is 5.95 Å². The molecule has 8 nitrogen and oxygen atoms in total. The standard InChI is InChI=1S/C17H20N6O2/c1-24-10-9-20-16-14-15(19-8-7-18-14)22-17(23-16)21-11-12-5-3-4-6-13(12)25-2/h3-8H,9-11H2,1-2H3,(H2,19,20,21,22,23). The Kier molecular flexibility index (Phi) is 5.53. The summed E-state index contributed by atoms with van der Waals surface area (Å²) in [4.78, 5) is 17.5. The number of nitrogens with zero attached hydrogens (tertiary/aromatic N) is 4. The van der Waals surface area contributed by atoms with Crippen LogP contribution in [0.4, 0.5) is 11.8 Å². The van der Waals surface area contributed by atoms with Crippen LogP contribution in [0.1, 0.15) is 5.56 Å². The minimum Gasteiger partial charge on any atom is -0.496 e. The summed E-state index contributed by atoms with van der Waals surface area (Å²) in [6.45, 7) is 1.72. The average Bonchev–Trinajstić information content (AvgIpc) is 2.66. The first-order valence-electron chi connectivity index (χ1n) is 7.89. The summed E-state index contributed by atoms with van der Waals surface area (Å²) in [5.74, 6) is 1.91. The molecule has 3 rings (SSSR count). The molecule has 0 amide bonds. The van der Waals surface area contributed by atoms with Crippen molar-refractivity contribution in [2.75, 3.05) is 38.0 Å². The highest BCUT2D eigenvalue weighted by Gasteiger charge is 2.10. The van der Waals surface area contributed by atoms with E-state index in [1.165, 1.54) is 0 Å². The number of para-hydroxylation sites is 1. The first kappa shape index (κ1) is 16.8. The van der Waals surface area contributed by atoms with Gasteiger partial charge >= 0.3 is 0 Å². The lowest BCUT2D eigenvalue weighted by Gasteiger charge is -2.12. The highest BCUT2D eigenvalue weighted by molar-refractivity contribution is 5.83. The summed E-state index contributed by atoms with van der Waals surface area (Å²) in [5.41, 5.74) is 2.17. The Morgan fingerprint density at radius 3 is 2.68 bits per heavy atom. The van der Waals surface area contributed by atoms with Crippen LogP contribution in [0.5, 0.6) is 5.75 Å². The van der Waals surface area contributed by atoms with Crippen LogP contribution >= 0.6 is 0 Å². The van der Waals surface area contributed by atoms with Gasteiger partial charge in [0.1, 0.15) is 5.75 Å². The molecule has 25 heavy (non-hydrogen) atoms. The third-order valence-electron chi connectivity index (χ3n) is 3.56. The van der Waals surface area contributed by atoms with Gasteiger partial charge in [-0.15, -0.1) is 0 Å². The molecule has 0 atom stereocenters. The molecule has 0 bridgehead atoms. The van der Waals surface area contributed by atoms with Gasteiger partial charge in [-0.05, 0) is 6.07 Å². The van der Waals surface area contributed by atoms with E-state index in [2.05, 4.69) is 30.6 Å². The number of methoxy groups -OCH3 is 2. The number of ether oxygens (including phenoxy) is 2. The maximum Gasteiger partial charge on any atom is 0.227 e. The maximum absolute atomic E-state index is 5.36. The number of rotatable bonds is 8. The molecule has 1 aromatic carbocycles. The Morgan fingerprint density at radius 2 is 1.84 bits per heavy atom. The quantitative estimate of drug-likeness (QED) is 0.602. The zero-order valence-electron chi connectivity index (χ0n) is 14.2. The highest BCUT2D eigenvalue weighted by atomic mass is 16.5. The van der Waals surface area contributed by atoms with Crippen molar-refractivity contribution in [1.29, 1.82) is 0 Å². The maximum atomic E-state index is 5.36. The molecule has 2 N–H and O–H groups in total. The van der Waals surface area contributed by atoms with Crippen LogP contribution in [-0.4, -0.2) is 47.3 Å². The third-order valence-corrected chi connectivity index (χ3v) is 3.56. The largest absolute Gasteiger partial charge is 0.496 e. The van der Waals surface area contributed by atoms with Crippen LogP contribution in [0.25, 0.3) is 11.2 Å². The van der Waals surface area contributed by atoms with Gasteiger partial charge in [-0.1, -0.05) is 18.2 Å². The van der Waals surface area contributed by atoms with Gasteiger partial charge in [-0.25, -0.2) is 9.97 Å². The fraction of sp³-hybridized carbons (Fsp3) is 0.294. The lowest BCUT2D eigenvalue weighted by atomic mass is 10.2. The molecule has 2 heterocycles. The van der Waals surface area contributed by atoms with Gasteiger partial charge in [0.15, 0.2) is 17.0 Å². The van der Waals surface area contributed by atoms with E-state index in [1.807, 2.05) is 24.3 Å². The van der Waals surface area contributed by atoms with E-state index in [-0.39, 0.29) is 0 Å². The topological polar surface area (TPSA) is 94.1 Å². The number of hydrogen-bond acceptors (Lipinski definition) is 8. The predicted octanol–water partition coefficient (Wildman–Crippen LogP) is 2.10. The Balaban J connectivity index is 1.83. The van der Waals surface area contributed by atoms with E-state index in [9.17, 15) is 0 Å². The average molecular weight is 340 g/mol. The summed E-state index contributed by atoms with van der Waals surface area (Å²) in [6, 6.07) is 7.80. The van der Waals surface area contributed by atoms with Crippen molar-refractivity contribution in [1.82, 2.24) is 19.9 Å². The molecule has 0 saturated carbocycles. The van der Waals surface area contributed by atoms with E-state index in [1.54, 1.807) is 26.6 Å². The lowest BCUT2D eigenvalue weighted by molar-refractivity contribution is 0.210. The lowest BCUT2D eigenvalue weighted by Crippen LogP contribution is -2.12. The molecule has 0 aliphatic rings. The summed E-state index contributed by atoms with van der Waals surface area (Å²) < 4.78 is 10.4. The molecule has 0 fully saturated rings. The Bertz CT molecular complexity index is 842. The van der Waals surface area contributed by atoms with Gasteiger partial charge in [-0.2, -0.15) is 9.97 Å². The highest BCUT2D eigenvalue weighted by Crippen LogP contribution is 2.20. The molecule has 0 aliphatic carbocycles. The number of nitrogens with one attached hydrogen (secondary N) is 2. The monoisotopic (exact) mass is 340 g/mol. The van der Waals surface area contributed by atoms with Crippen molar-refractivity contribution in [2.45, 2.75) is 6.54 Å². The minimum atomic E-state index is 0.471. The zero-order chi connectivity index (χ0) is 17.5. The van der Waals surface area contributed by atoms with Crippen LogP contribution in [0.15, 0.2) is 36.7 Å². The van der Waals surface area contributed by atoms with E-state index in [0.717, 1.165) is 11.3 Å². The number of anilines is 2. The first-order chi connectivity index (χ1) is 12.3. The molecule has 0 unspecified atom stereocenters. The Hall–Kier alpha value is -3.00. The predicted molar refractivity (Wildman–Crippen MR) is 95.8 cm³/mol. The van der Waals surface area contributed by atoms with Crippen molar-refractivity contribution >= 4 is 22.9 Å².